The predicted molar refractivity (Wildman–Crippen MR) is 70.9 cm³/mol. The summed E-state index contributed by atoms with van der Waals surface area (Å²) in [6.45, 7) is 1.11. The maximum atomic E-state index is 12.0. The highest BCUT2D eigenvalue weighted by Gasteiger charge is 2.36. The summed E-state index contributed by atoms with van der Waals surface area (Å²) in [6, 6.07) is 8.56. The van der Waals surface area contributed by atoms with Crippen LogP contribution in [0.15, 0.2) is 42.5 Å². The van der Waals surface area contributed by atoms with Gasteiger partial charge in [0.25, 0.3) is 0 Å². The average Bonchev–Trinajstić information content (AvgIpc) is 2.81. The third kappa shape index (κ3) is 3.24. The van der Waals surface area contributed by atoms with Crippen LogP contribution in [-0.4, -0.2) is 35.9 Å². The topological polar surface area (TPSA) is 72.8 Å². The number of carbonyl (C=O) groups excluding carboxylic acids is 2. The van der Waals surface area contributed by atoms with E-state index in [1.807, 2.05) is 0 Å². The highest BCUT2D eigenvalue weighted by molar-refractivity contribution is 5.89. The number of rotatable bonds is 4. The number of esters is 2. The van der Waals surface area contributed by atoms with Crippen LogP contribution in [-0.2, 0) is 14.3 Å². The van der Waals surface area contributed by atoms with E-state index < -0.39 is 24.1 Å². The summed E-state index contributed by atoms with van der Waals surface area (Å²) in [5, 5.41) is 9.24. The molecule has 1 aromatic carbocycles. The molecule has 1 aromatic rings. The van der Waals surface area contributed by atoms with Crippen molar-refractivity contribution in [3.63, 3.8) is 0 Å². The molecule has 20 heavy (non-hydrogen) atoms. The third-order valence-electron chi connectivity index (χ3n) is 3.06. The maximum Gasteiger partial charge on any atom is 0.338 e. The molecule has 1 aliphatic carbocycles. The van der Waals surface area contributed by atoms with Gasteiger partial charge in [0.2, 0.25) is 0 Å². The van der Waals surface area contributed by atoms with Crippen molar-refractivity contribution in [1.82, 2.24) is 0 Å². The van der Waals surface area contributed by atoms with E-state index in [1.165, 1.54) is 6.92 Å². The molecule has 0 aromatic heterocycles. The molecular weight excluding hydrogens is 260 g/mol. The monoisotopic (exact) mass is 276 g/mol. The fraction of sp³-hybridized carbons (Fsp3) is 0.333. The summed E-state index contributed by atoms with van der Waals surface area (Å²) >= 11 is 0. The van der Waals surface area contributed by atoms with Gasteiger partial charge in [-0.05, 0) is 18.2 Å². The standard InChI is InChI=1S/C15H16O5/c1-10(17)19-14-12(9-16)7-8-13(14)20-15(18)11-5-3-2-4-6-11/h2-8,12-14,16H,9H2,1H3/t12-,13-,14-/m1/s1. The second-order valence-corrected chi connectivity index (χ2v) is 4.54. The molecule has 5 heteroatoms. The number of benzene rings is 1. The highest BCUT2D eigenvalue weighted by atomic mass is 16.6. The summed E-state index contributed by atoms with van der Waals surface area (Å²) in [5.41, 5.74) is 0.426. The Morgan fingerprint density at radius 3 is 2.45 bits per heavy atom. The minimum atomic E-state index is -0.677. The second kappa shape index (κ2) is 6.34. The Kier molecular flexibility index (Phi) is 4.53. The van der Waals surface area contributed by atoms with Crippen molar-refractivity contribution in [1.29, 1.82) is 0 Å². The van der Waals surface area contributed by atoms with E-state index in [1.54, 1.807) is 42.5 Å². The van der Waals surface area contributed by atoms with E-state index in [9.17, 15) is 14.7 Å². The van der Waals surface area contributed by atoms with Gasteiger partial charge in [-0.3, -0.25) is 4.79 Å². The summed E-state index contributed by atoms with van der Waals surface area (Å²) in [4.78, 5) is 23.1. The first-order chi connectivity index (χ1) is 9.61. The molecule has 0 heterocycles. The van der Waals surface area contributed by atoms with E-state index in [0.717, 1.165) is 0 Å². The molecule has 2 rings (SSSR count). The molecule has 106 valence electrons. The van der Waals surface area contributed by atoms with Crippen molar-refractivity contribution in [3.8, 4) is 0 Å². The fourth-order valence-corrected chi connectivity index (χ4v) is 2.10. The largest absolute Gasteiger partial charge is 0.458 e. The normalized spacial score (nSPS) is 24.4. The highest BCUT2D eigenvalue weighted by Crippen LogP contribution is 2.25. The fourth-order valence-electron chi connectivity index (χ4n) is 2.10. The van der Waals surface area contributed by atoms with Crippen molar-refractivity contribution in [2.75, 3.05) is 6.61 Å². The van der Waals surface area contributed by atoms with Gasteiger partial charge in [-0.1, -0.05) is 24.3 Å². The molecule has 1 N–H and O–H groups in total. The maximum absolute atomic E-state index is 12.0. The second-order valence-electron chi connectivity index (χ2n) is 4.54. The molecule has 0 amide bonds. The van der Waals surface area contributed by atoms with E-state index >= 15 is 0 Å². The number of hydrogen-bond acceptors (Lipinski definition) is 5. The van der Waals surface area contributed by atoms with Gasteiger partial charge in [0.1, 0.15) is 0 Å². The van der Waals surface area contributed by atoms with Crippen LogP contribution in [0.3, 0.4) is 0 Å². The van der Waals surface area contributed by atoms with Gasteiger partial charge in [0.05, 0.1) is 12.2 Å². The van der Waals surface area contributed by atoms with Crippen LogP contribution >= 0.6 is 0 Å². The Bertz CT molecular complexity index is 508. The van der Waals surface area contributed by atoms with Crippen LogP contribution < -0.4 is 0 Å². The molecular formula is C15H16O5. The lowest BCUT2D eigenvalue weighted by molar-refractivity contribution is -0.153. The van der Waals surface area contributed by atoms with Gasteiger partial charge < -0.3 is 14.6 Å². The smallest absolute Gasteiger partial charge is 0.338 e. The zero-order valence-corrected chi connectivity index (χ0v) is 11.1. The Balaban J connectivity index is 2.06. The molecule has 0 spiro atoms. The van der Waals surface area contributed by atoms with Crippen LogP contribution in [0, 0.1) is 5.92 Å². The zero-order valence-electron chi connectivity index (χ0n) is 11.1. The minimum Gasteiger partial charge on any atom is -0.458 e. The van der Waals surface area contributed by atoms with Crippen molar-refractivity contribution < 1.29 is 24.2 Å². The number of hydrogen-bond donors (Lipinski definition) is 1. The van der Waals surface area contributed by atoms with Gasteiger partial charge in [0.15, 0.2) is 12.2 Å². The predicted octanol–water partition coefficient (Wildman–Crippen LogP) is 1.32. The Labute approximate surface area is 116 Å². The average molecular weight is 276 g/mol. The Morgan fingerprint density at radius 2 is 1.85 bits per heavy atom. The lowest BCUT2D eigenvalue weighted by Gasteiger charge is -2.23. The summed E-state index contributed by atoms with van der Waals surface area (Å²) in [7, 11) is 0. The molecule has 0 saturated carbocycles. The van der Waals surface area contributed by atoms with Gasteiger partial charge >= 0.3 is 11.9 Å². The van der Waals surface area contributed by atoms with E-state index in [4.69, 9.17) is 9.47 Å². The van der Waals surface area contributed by atoms with E-state index in [0.29, 0.717) is 5.56 Å². The van der Waals surface area contributed by atoms with E-state index in [2.05, 4.69) is 0 Å². The molecule has 0 bridgehead atoms. The van der Waals surface area contributed by atoms with Crippen LogP contribution in [0.2, 0.25) is 0 Å². The Morgan fingerprint density at radius 1 is 1.15 bits per heavy atom. The lowest BCUT2D eigenvalue weighted by atomic mass is 10.1. The summed E-state index contributed by atoms with van der Waals surface area (Å²) in [6.07, 6.45) is 1.97. The molecule has 3 atom stereocenters. The quantitative estimate of drug-likeness (QED) is 0.663. The molecule has 5 nitrogen and oxygen atoms in total. The molecule has 0 radical (unpaired) electrons. The molecule has 0 saturated heterocycles. The first kappa shape index (κ1) is 14.3. The number of ether oxygens (including phenoxy) is 2. The SMILES string of the molecule is CC(=O)O[C@@H]1[C@@H](CO)C=C[C@H]1OC(=O)c1ccccc1. The first-order valence-corrected chi connectivity index (χ1v) is 6.34. The minimum absolute atomic E-state index is 0.173. The Hall–Kier alpha value is -2.14. The van der Waals surface area contributed by atoms with Crippen LogP contribution in [0.4, 0.5) is 0 Å². The van der Waals surface area contributed by atoms with Crippen LogP contribution in [0.1, 0.15) is 17.3 Å². The van der Waals surface area contributed by atoms with Gasteiger partial charge in [0, 0.05) is 12.8 Å². The van der Waals surface area contributed by atoms with Gasteiger partial charge in [-0.2, -0.15) is 0 Å². The molecule has 0 fully saturated rings. The number of carbonyl (C=O) groups is 2. The molecule has 0 aliphatic heterocycles. The van der Waals surface area contributed by atoms with Gasteiger partial charge in [-0.15, -0.1) is 0 Å². The van der Waals surface area contributed by atoms with Crippen LogP contribution in [0.5, 0.6) is 0 Å². The van der Waals surface area contributed by atoms with Crippen molar-refractivity contribution in [2.24, 2.45) is 5.92 Å². The first-order valence-electron chi connectivity index (χ1n) is 6.34. The van der Waals surface area contributed by atoms with Crippen molar-refractivity contribution in [2.45, 2.75) is 19.1 Å². The van der Waals surface area contributed by atoms with Crippen molar-refractivity contribution >= 4 is 11.9 Å². The zero-order chi connectivity index (χ0) is 14.5. The molecule has 1 aliphatic rings. The van der Waals surface area contributed by atoms with Crippen molar-refractivity contribution in [3.05, 3.63) is 48.0 Å². The van der Waals surface area contributed by atoms with E-state index in [-0.39, 0.29) is 12.5 Å². The van der Waals surface area contributed by atoms with Crippen LogP contribution in [0.25, 0.3) is 0 Å². The number of aliphatic hydroxyl groups excluding tert-OH is 1. The lowest BCUT2D eigenvalue weighted by Crippen LogP contribution is -2.36. The summed E-state index contributed by atoms with van der Waals surface area (Å²) in [5.74, 6) is -1.32. The molecule has 0 unspecified atom stereocenters. The number of aliphatic hydroxyl groups is 1. The summed E-state index contributed by atoms with van der Waals surface area (Å²) < 4.78 is 10.5. The third-order valence-corrected chi connectivity index (χ3v) is 3.06. The van der Waals surface area contributed by atoms with Gasteiger partial charge in [-0.25, -0.2) is 4.79 Å².